The van der Waals surface area contributed by atoms with Crippen LogP contribution >= 0.6 is 11.8 Å². The van der Waals surface area contributed by atoms with Crippen molar-refractivity contribution in [1.82, 2.24) is 10.3 Å². The Morgan fingerprint density at radius 3 is 2.41 bits per heavy atom. The summed E-state index contributed by atoms with van der Waals surface area (Å²) in [5.41, 5.74) is 8.47. The molecule has 0 radical (unpaired) electrons. The van der Waals surface area contributed by atoms with Crippen LogP contribution in [0.4, 0.5) is 5.82 Å². The number of ketones is 1. The summed E-state index contributed by atoms with van der Waals surface area (Å²) in [6.45, 7) is 2.02. The standard InChI is InChI=1S/C26H20N6O4S/c1-3-15-4-6-16(7-5-15)22-19(12-27)24(29)30-25(20(22)13-28)37-14-21(33)23-26(34)36-31-32(23)17-8-10-18(35-2)11-9-17/h4-11H,3,14H2,1-2H3,(H2-,29,30,31,33,34). The molecule has 0 spiro atoms. The number of nitrogen functional groups attached to an aromatic ring is 1. The fourth-order valence-corrected chi connectivity index (χ4v) is 4.54. The largest absolute Gasteiger partial charge is 0.539 e. The van der Waals surface area contributed by atoms with Crippen LogP contribution in [0, 0.1) is 22.7 Å². The molecule has 2 aromatic heterocycles. The topological polar surface area (TPSA) is 166 Å². The summed E-state index contributed by atoms with van der Waals surface area (Å²) < 4.78 is 11.0. The lowest BCUT2D eigenvalue weighted by atomic mass is 9.96. The van der Waals surface area contributed by atoms with Crippen molar-refractivity contribution in [3.05, 3.63) is 70.9 Å². The lowest BCUT2D eigenvalue weighted by Gasteiger charge is -2.13. The average Bonchev–Trinajstić information content (AvgIpc) is 3.32. The first-order valence-electron chi connectivity index (χ1n) is 11.0. The van der Waals surface area contributed by atoms with Crippen LogP contribution in [0.5, 0.6) is 11.7 Å². The van der Waals surface area contributed by atoms with Gasteiger partial charge in [0.15, 0.2) is 5.95 Å². The number of hydrogen-bond acceptors (Lipinski definition) is 10. The molecule has 4 aromatic rings. The van der Waals surface area contributed by atoms with Gasteiger partial charge in [-0.3, -0.25) is 4.79 Å². The van der Waals surface area contributed by atoms with Gasteiger partial charge in [0.25, 0.3) is 0 Å². The van der Waals surface area contributed by atoms with Crippen LogP contribution in [0.15, 0.2) is 58.1 Å². The molecule has 0 unspecified atom stereocenters. The van der Waals surface area contributed by atoms with Crippen LogP contribution in [0.1, 0.15) is 34.1 Å². The number of aromatic nitrogens is 3. The molecule has 2 heterocycles. The van der Waals surface area contributed by atoms with Gasteiger partial charge < -0.3 is 20.1 Å². The second-order valence-corrected chi connectivity index (χ2v) is 8.70. The molecule has 0 atom stereocenters. The number of methoxy groups -OCH3 is 1. The molecule has 0 amide bonds. The number of benzene rings is 2. The molecule has 37 heavy (non-hydrogen) atoms. The Bertz CT molecular complexity index is 1550. The van der Waals surface area contributed by atoms with Gasteiger partial charge >= 0.3 is 5.69 Å². The number of nitrogens with zero attached hydrogens (tertiary/aromatic N) is 5. The van der Waals surface area contributed by atoms with E-state index >= 15 is 0 Å². The Kier molecular flexibility index (Phi) is 7.37. The van der Waals surface area contributed by atoms with Gasteiger partial charge in [-0.1, -0.05) is 43.0 Å². The highest BCUT2D eigenvalue weighted by atomic mass is 32.2. The van der Waals surface area contributed by atoms with E-state index < -0.39 is 11.7 Å². The number of thioether (sulfide) groups is 1. The second-order valence-electron chi connectivity index (χ2n) is 7.73. The molecule has 0 bridgehead atoms. The normalized spacial score (nSPS) is 10.5. The first-order valence-corrected chi connectivity index (χ1v) is 12.0. The Balaban J connectivity index is 1.68. The third-order valence-electron chi connectivity index (χ3n) is 5.60. The number of rotatable bonds is 8. The van der Waals surface area contributed by atoms with Crippen LogP contribution < -0.4 is 20.3 Å². The summed E-state index contributed by atoms with van der Waals surface area (Å²) in [4.78, 5) is 17.3. The first-order chi connectivity index (χ1) is 17.9. The summed E-state index contributed by atoms with van der Waals surface area (Å²) in [6.07, 6.45) is 0.833. The number of carbonyl (C=O) groups is 1. The monoisotopic (exact) mass is 512 g/mol. The van der Waals surface area contributed by atoms with Crippen LogP contribution in [-0.4, -0.2) is 28.9 Å². The van der Waals surface area contributed by atoms with Gasteiger partial charge in [-0.25, -0.2) is 4.98 Å². The van der Waals surface area contributed by atoms with E-state index in [0.717, 1.165) is 28.4 Å². The Hall–Kier alpha value is -4.87. The van der Waals surface area contributed by atoms with Crippen LogP contribution in [0.3, 0.4) is 0 Å². The highest BCUT2D eigenvalue weighted by Gasteiger charge is 2.29. The fraction of sp³-hybridized carbons (Fsp3) is 0.154. The van der Waals surface area contributed by atoms with Gasteiger partial charge in [0.05, 0.1) is 23.7 Å². The molecule has 0 aliphatic heterocycles. The molecule has 4 rings (SSSR count). The summed E-state index contributed by atoms with van der Waals surface area (Å²) in [5, 5.41) is 35.9. The molecule has 184 valence electrons. The smallest absolute Gasteiger partial charge is 0.307 e. The highest BCUT2D eigenvalue weighted by Crippen LogP contribution is 2.36. The zero-order chi connectivity index (χ0) is 26.5. The maximum Gasteiger partial charge on any atom is 0.307 e. The van der Waals surface area contributed by atoms with Crippen LogP contribution in [0.25, 0.3) is 16.8 Å². The second kappa shape index (κ2) is 10.8. The van der Waals surface area contributed by atoms with Crippen molar-refractivity contribution < 1.29 is 23.8 Å². The van der Waals surface area contributed by atoms with Gasteiger partial charge in [-0.2, -0.15) is 10.5 Å². The van der Waals surface area contributed by atoms with Crippen LogP contribution in [0.2, 0.25) is 0 Å². The molecule has 11 heteroatoms. The van der Waals surface area contributed by atoms with Crippen molar-refractivity contribution in [1.29, 1.82) is 10.5 Å². The predicted octanol–water partition coefficient (Wildman–Crippen LogP) is 2.96. The Morgan fingerprint density at radius 2 is 1.81 bits per heavy atom. The van der Waals surface area contributed by atoms with E-state index in [1.165, 1.54) is 7.11 Å². The fourth-order valence-electron chi connectivity index (χ4n) is 3.68. The van der Waals surface area contributed by atoms with E-state index in [1.54, 1.807) is 24.3 Å². The number of nitrogens with two attached hydrogens (primary N) is 1. The number of anilines is 1. The predicted molar refractivity (Wildman–Crippen MR) is 132 cm³/mol. The first kappa shape index (κ1) is 25.2. The molecule has 0 aliphatic rings. The number of pyridine rings is 1. The van der Waals surface area contributed by atoms with E-state index in [9.17, 15) is 20.4 Å². The minimum absolute atomic E-state index is 0.0613. The van der Waals surface area contributed by atoms with Crippen molar-refractivity contribution in [2.45, 2.75) is 18.4 Å². The molecule has 0 aliphatic carbocycles. The lowest BCUT2D eigenvalue weighted by Crippen LogP contribution is -2.39. The minimum atomic E-state index is -0.897. The number of carbonyl (C=O) groups excluding carboxylic acids is 1. The van der Waals surface area contributed by atoms with Gasteiger partial charge in [0.1, 0.15) is 34.3 Å². The summed E-state index contributed by atoms with van der Waals surface area (Å²) in [5.74, 6) is -1.21. The molecule has 2 N–H and O–H groups in total. The van der Waals surface area contributed by atoms with Gasteiger partial charge in [0, 0.05) is 17.7 Å². The maximum absolute atomic E-state index is 13.1. The molecule has 0 saturated carbocycles. The van der Waals surface area contributed by atoms with Crippen molar-refractivity contribution in [2.75, 3.05) is 18.6 Å². The van der Waals surface area contributed by atoms with Crippen molar-refractivity contribution in [2.24, 2.45) is 0 Å². The highest BCUT2D eigenvalue weighted by molar-refractivity contribution is 8.00. The number of aryl methyl sites for hydroxylation is 1. The van der Waals surface area contributed by atoms with E-state index in [2.05, 4.69) is 16.3 Å². The number of nitriles is 2. The summed E-state index contributed by atoms with van der Waals surface area (Å²) in [6, 6.07) is 18.1. The molecular weight excluding hydrogens is 492 g/mol. The Labute approximate surface area is 216 Å². The van der Waals surface area contributed by atoms with E-state index in [-0.39, 0.29) is 33.4 Å². The molecule has 2 aromatic carbocycles. The molecule has 0 fully saturated rings. The SMILES string of the molecule is CCc1ccc(-c2c(C#N)c(N)nc(SCC(=O)c3c([O-])on[n+]3-c3ccc(OC)cc3)c2C#N)cc1. The van der Waals surface area contributed by atoms with E-state index in [4.69, 9.17) is 15.0 Å². The molecule has 0 saturated heterocycles. The van der Waals surface area contributed by atoms with Crippen molar-refractivity contribution in [3.8, 4) is 40.6 Å². The lowest BCUT2D eigenvalue weighted by molar-refractivity contribution is -0.672. The van der Waals surface area contributed by atoms with E-state index in [1.807, 2.05) is 37.3 Å². The quantitative estimate of drug-likeness (QED) is 0.211. The molecule has 10 nitrogen and oxygen atoms in total. The van der Waals surface area contributed by atoms with E-state index in [0.29, 0.717) is 22.6 Å². The van der Waals surface area contributed by atoms with Crippen LogP contribution in [-0.2, 0) is 6.42 Å². The zero-order valence-corrected chi connectivity index (χ0v) is 20.7. The van der Waals surface area contributed by atoms with Gasteiger partial charge in [-0.05, 0) is 34.4 Å². The Morgan fingerprint density at radius 1 is 1.14 bits per heavy atom. The van der Waals surface area contributed by atoms with Gasteiger partial charge in [-0.15, -0.1) is 0 Å². The van der Waals surface area contributed by atoms with Crippen molar-refractivity contribution >= 4 is 23.4 Å². The summed E-state index contributed by atoms with van der Waals surface area (Å²) >= 11 is 0.932. The zero-order valence-electron chi connectivity index (χ0n) is 19.9. The van der Waals surface area contributed by atoms with Gasteiger partial charge in [0.2, 0.25) is 11.5 Å². The average molecular weight is 513 g/mol. The number of hydrogen-bond donors (Lipinski definition) is 1. The molecular formula is C26H20N6O4S. The maximum atomic E-state index is 13.1. The van der Waals surface area contributed by atoms with Crippen molar-refractivity contribution in [3.63, 3.8) is 0 Å². The number of ether oxygens (including phenoxy) is 1. The third-order valence-corrected chi connectivity index (χ3v) is 6.57. The minimum Gasteiger partial charge on any atom is -0.539 e. The number of Topliss-reactive ketones (excluding diaryl/α,β-unsaturated/α-hetero) is 1. The third kappa shape index (κ3) is 4.94. The summed E-state index contributed by atoms with van der Waals surface area (Å²) in [7, 11) is 1.52.